The van der Waals surface area contributed by atoms with Crippen molar-refractivity contribution in [3.05, 3.63) is 0 Å². The maximum atomic E-state index is 13.3. The van der Waals surface area contributed by atoms with Gasteiger partial charge in [-0.1, -0.05) is 39.5 Å². The lowest BCUT2D eigenvalue weighted by Crippen LogP contribution is -2.40. The second-order valence-corrected chi connectivity index (χ2v) is 14.0. The molecular formula is C26H46O4S. The predicted molar refractivity (Wildman–Crippen MR) is 126 cm³/mol. The first-order valence-corrected chi connectivity index (χ1v) is 15.0. The van der Waals surface area contributed by atoms with Crippen LogP contribution in [0.15, 0.2) is 0 Å². The SMILES string of the molecule is CC1CCCC(OC2CCC(S(=O)(=O)C3CCC(OC4CCCC(C)C4)CC3)CC2)C1. The number of sulfone groups is 1. The van der Waals surface area contributed by atoms with Gasteiger partial charge in [-0.05, 0) is 88.9 Å². The summed E-state index contributed by atoms with van der Waals surface area (Å²) in [5, 5.41) is -0.279. The van der Waals surface area contributed by atoms with Crippen molar-refractivity contribution < 1.29 is 17.9 Å². The standard InChI is InChI=1S/C26H46O4S/c1-19-5-3-7-23(17-19)29-21-9-13-25(14-10-21)31(27,28)26-15-11-22(12-16-26)30-24-8-4-6-20(2)18-24/h19-26H,3-18H2,1-2H3. The van der Waals surface area contributed by atoms with Gasteiger partial charge >= 0.3 is 0 Å². The molecule has 4 saturated carbocycles. The number of hydrogen-bond donors (Lipinski definition) is 0. The molecular weight excluding hydrogens is 408 g/mol. The molecule has 0 aliphatic heterocycles. The Morgan fingerprint density at radius 2 is 0.903 bits per heavy atom. The normalized spacial score (nSPS) is 42.9. The highest BCUT2D eigenvalue weighted by atomic mass is 32.2. The van der Waals surface area contributed by atoms with E-state index in [9.17, 15) is 8.42 Å². The van der Waals surface area contributed by atoms with Crippen LogP contribution in [-0.2, 0) is 19.3 Å². The van der Waals surface area contributed by atoms with Crippen molar-refractivity contribution in [2.24, 2.45) is 11.8 Å². The average molecular weight is 455 g/mol. The van der Waals surface area contributed by atoms with E-state index in [1.54, 1.807) is 0 Å². The summed E-state index contributed by atoms with van der Waals surface area (Å²) >= 11 is 0. The Kier molecular flexibility index (Phi) is 8.41. The molecule has 4 fully saturated rings. The van der Waals surface area contributed by atoms with Gasteiger partial charge < -0.3 is 9.47 Å². The smallest absolute Gasteiger partial charge is 0.156 e. The van der Waals surface area contributed by atoms with Gasteiger partial charge in [0, 0.05) is 0 Å². The molecule has 0 aromatic heterocycles. The largest absolute Gasteiger partial charge is 0.375 e. The van der Waals surface area contributed by atoms with E-state index in [2.05, 4.69) is 13.8 Å². The maximum Gasteiger partial charge on any atom is 0.156 e. The van der Waals surface area contributed by atoms with Crippen molar-refractivity contribution in [3.63, 3.8) is 0 Å². The summed E-state index contributed by atoms with van der Waals surface area (Å²) in [4.78, 5) is 0. The van der Waals surface area contributed by atoms with E-state index < -0.39 is 9.84 Å². The van der Waals surface area contributed by atoms with Gasteiger partial charge in [0.25, 0.3) is 0 Å². The lowest BCUT2D eigenvalue weighted by Gasteiger charge is -2.37. The summed E-state index contributed by atoms with van der Waals surface area (Å²) in [5.74, 6) is 1.55. The zero-order chi connectivity index (χ0) is 21.8. The Bertz CT molecular complexity index is 596. The molecule has 4 aliphatic rings. The van der Waals surface area contributed by atoms with Gasteiger partial charge in [0.15, 0.2) is 9.84 Å². The highest BCUT2D eigenvalue weighted by molar-refractivity contribution is 7.92. The zero-order valence-corrected chi connectivity index (χ0v) is 20.8. The summed E-state index contributed by atoms with van der Waals surface area (Å²) in [7, 11) is -3.03. The van der Waals surface area contributed by atoms with E-state index in [4.69, 9.17) is 9.47 Å². The van der Waals surface area contributed by atoms with Gasteiger partial charge in [-0.15, -0.1) is 0 Å². The monoisotopic (exact) mass is 454 g/mol. The van der Waals surface area contributed by atoms with Crippen LogP contribution in [0.4, 0.5) is 0 Å². The Balaban J connectivity index is 1.20. The van der Waals surface area contributed by atoms with E-state index in [0.29, 0.717) is 12.2 Å². The van der Waals surface area contributed by atoms with Crippen molar-refractivity contribution in [2.75, 3.05) is 0 Å². The zero-order valence-electron chi connectivity index (χ0n) is 20.0. The van der Waals surface area contributed by atoms with Crippen molar-refractivity contribution >= 4 is 9.84 Å². The summed E-state index contributed by atoms with van der Waals surface area (Å²) in [6, 6.07) is 0. The first-order chi connectivity index (χ1) is 14.9. The van der Waals surface area contributed by atoms with Gasteiger partial charge in [-0.3, -0.25) is 0 Å². The molecule has 0 amide bonds. The van der Waals surface area contributed by atoms with Crippen LogP contribution in [0.1, 0.15) is 117 Å². The fourth-order valence-electron chi connectivity index (χ4n) is 6.81. The van der Waals surface area contributed by atoms with E-state index in [0.717, 1.165) is 63.2 Å². The molecule has 4 aliphatic carbocycles. The van der Waals surface area contributed by atoms with E-state index in [1.807, 2.05) is 0 Å². The van der Waals surface area contributed by atoms with Crippen LogP contribution >= 0.6 is 0 Å². The second-order valence-electron chi connectivity index (χ2n) is 11.4. The molecule has 4 nitrogen and oxygen atoms in total. The van der Waals surface area contributed by atoms with Crippen LogP contribution in [0.2, 0.25) is 0 Å². The molecule has 0 N–H and O–H groups in total. The Morgan fingerprint density at radius 1 is 0.516 bits per heavy atom. The third-order valence-electron chi connectivity index (χ3n) is 8.72. The van der Waals surface area contributed by atoms with Gasteiger partial charge in [-0.25, -0.2) is 8.42 Å². The lowest BCUT2D eigenvalue weighted by atomic mass is 9.88. The van der Waals surface area contributed by atoms with Gasteiger partial charge in [0.05, 0.1) is 34.9 Å². The fourth-order valence-corrected chi connectivity index (χ4v) is 9.22. The van der Waals surface area contributed by atoms with Crippen molar-refractivity contribution in [2.45, 2.75) is 151 Å². The first kappa shape index (κ1) is 24.0. The van der Waals surface area contributed by atoms with Crippen LogP contribution < -0.4 is 0 Å². The molecule has 0 aromatic carbocycles. The van der Waals surface area contributed by atoms with Crippen LogP contribution in [0.3, 0.4) is 0 Å². The molecule has 0 spiro atoms. The molecule has 0 heterocycles. The highest BCUT2D eigenvalue weighted by Gasteiger charge is 2.39. The minimum Gasteiger partial charge on any atom is -0.375 e. The maximum absolute atomic E-state index is 13.3. The highest BCUT2D eigenvalue weighted by Crippen LogP contribution is 2.37. The molecule has 0 bridgehead atoms. The topological polar surface area (TPSA) is 52.6 Å². The first-order valence-electron chi connectivity index (χ1n) is 13.4. The van der Waals surface area contributed by atoms with Crippen LogP contribution in [0.5, 0.6) is 0 Å². The molecule has 0 radical (unpaired) electrons. The summed E-state index contributed by atoms with van der Waals surface area (Å²) in [6.45, 7) is 4.66. The molecule has 180 valence electrons. The average Bonchev–Trinajstić information content (AvgIpc) is 2.75. The summed E-state index contributed by atoms with van der Waals surface area (Å²) in [6.07, 6.45) is 18.2. The van der Waals surface area contributed by atoms with Crippen LogP contribution in [0, 0.1) is 11.8 Å². The van der Waals surface area contributed by atoms with Crippen molar-refractivity contribution in [3.8, 4) is 0 Å². The van der Waals surface area contributed by atoms with Crippen LogP contribution in [0.25, 0.3) is 0 Å². The van der Waals surface area contributed by atoms with Gasteiger partial charge in [0.2, 0.25) is 0 Å². The molecule has 4 rings (SSSR count). The lowest BCUT2D eigenvalue weighted by molar-refractivity contribution is -0.0532. The predicted octanol–water partition coefficient (Wildman–Crippen LogP) is 6.21. The minimum atomic E-state index is -3.03. The molecule has 31 heavy (non-hydrogen) atoms. The second kappa shape index (κ2) is 10.9. The van der Waals surface area contributed by atoms with E-state index >= 15 is 0 Å². The third-order valence-corrected chi connectivity index (χ3v) is 11.5. The summed E-state index contributed by atoms with van der Waals surface area (Å²) < 4.78 is 39.5. The molecule has 4 atom stereocenters. The fraction of sp³-hybridized carbons (Fsp3) is 1.00. The minimum absolute atomic E-state index is 0.140. The molecule has 0 aromatic rings. The number of ether oxygens (including phenoxy) is 2. The van der Waals surface area contributed by atoms with Gasteiger partial charge in [0.1, 0.15) is 0 Å². The number of hydrogen-bond acceptors (Lipinski definition) is 4. The Hall–Kier alpha value is -0.130. The van der Waals surface area contributed by atoms with Crippen molar-refractivity contribution in [1.82, 2.24) is 0 Å². The third kappa shape index (κ3) is 6.47. The van der Waals surface area contributed by atoms with Crippen LogP contribution in [-0.4, -0.2) is 43.3 Å². The van der Waals surface area contributed by atoms with Crippen molar-refractivity contribution in [1.29, 1.82) is 0 Å². The van der Waals surface area contributed by atoms with Gasteiger partial charge in [-0.2, -0.15) is 0 Å². The van der Waals surface area contributed by atoms with E-state index in [-0.39, 0.29) is 22.7 Å². The molecule has 4 unspecified atom stereocenters. The summed E-state index contributed by atoms with van der Waals surface area (Å²) in [5.41, 5.74) is 0. The Labute approximate surface area is 191 Å². The molecule has 5 heteroatoms. The quantitative estimate of drug-likeness (QED) is 0.478. The Morgan fingerprint density at radius 3 is 1.26 bits per heavy atom. The number of rotatable bonds is 6. The molecule has 0 saturated heterocycles. The van der Waals surface area contributed by atoms with E-state index in [1.165, 1.54) is 51.4 Å².